The van der Waals surface area contributed by atoms with Crippen LogP contribution in [-0.4, -0.2) is 64.5 Å². The second-order valence-corrected chi connectivity index (χ2v) is 7.82. The minimum absolute atomic E-state index is 0.0492. The molecule has 1 amide bonds. The number of para-hydroxylation sites is 1. The molecule has 2 aromatic carbocycles. The van der Waals surface area contributed by atoms with Crippen molar-refractivity contribution in [3.8, 4) is 17.0 Å². The Morgan fingerprint density at radius 2 is 1.75 bits per heavy atom. The van der Waals surface area contributed by atoms with Gasteiger partial charge in [-0.15, -0.1) is 0 Å². The molecule has 0 saturated carbocycles. The highest BCUT2D eigenvalue weighted by atomic mass is 19.4. The third kappa shape index (κ3) is 4.20. The smallest absolute Gasteiger partial charge is 0.423 e. The number of piperazine rings is 1. The summed E-state index contributed by atoms with van der Waals surface area (Å²) in [7, 11) is 0. The van der Waals surface area contributed by atoms with Crippen molar-refractivity contribution in [2.24, 2.45) is 0 Å². The summed E-state index contributed by atoms with van der Waals surface area (Å²) in [5, 5.41) is 20.4. The van der Waals surface area contributed by atoms with Gasteiger partial charge in [-0.2, -0.15) is 13.2 Å². The maximum absolute atomic E-state index is 12.7. The topological polar surface area (TPSA) is 76.9 Å². The number of carbonyl (C=O) groups is 1. The molecule has 6 nitrogen and oxygen atoms in total. The number of rotatable bonds is 3. The zero-order valence-corrected chi connectivity index (χ0v) is 17.3. The lowest BCUT2D eigenvalue weighted by molar-refractivity contribution is -0.210. The van der Waals surface area contributed by atoms with E-state index < -0.39 is 18.2 Å². The first kappa shape index (κ1) is 21.9. The lowest BCUT2D eigenvalue weighted by Gasteiger charge is -2.37. The normalized spacial score (nSPS) is 15.8. The summed E-state index contributed by atoms with van der Waals surface area (Å²) < 4.78 is 38.1. The van der Waals surface area contributed by atoms with E-state index in [0.717, 1.165) is 27.1 Å². The van der Waals surface area contributed by atoms with E-state index in [-0.39, 0.29) is 18.8 Å². The number of aliphatic hydroxyl groups excluding tert-OH is 1. The summed E-state index contributed by atoms with van der Waals surface area (Å²) in [6.07, 6.45) is -7.99. The van der Waals surface area contributed by atoms with Gasteiger partial charge in [0.2, 0.25) is 6.10 Å². The molecule has 3 aromatic rings. The summed E-state index contributed by atoms with van der Waals surface area (Å²) in [5.74, 6) is -1.24. The number of amides is 1. The summed E-state index contributed by atoms with van der Waals surface area (Å²) >= 11 is 0. The number of aryl methyl sites for hydroxylation is 1. The van der Waals surface area contributed by atoms with Crippen LogP contribution in [0.15, 0.2) is 48.5 Å². The van der Waals surface area contributed by atoms with Crippen LogP contribution < -0.4 is 4.90 Å². The van der Waals surface area contributed by atoms with Crippen molar-refractivity contribution in [2.45, 2.75) is 19.2 Å². The first-order chi connectivity index (χ1) is 15.1. The Morgan fingerprint density at radius 1 is 1.06 bits per heavy atom. The van der Waals surface area contributed by atoms with Crippen LogP contribution in [0.25, 0.3) is 22.2 Å². The minimum Gasteiger partial charge on any atom is -0.507 e. The summed E-state index contributed by atoms with van der Waals surface area (Å²) in [6, 6.07) is 14.5. The van der Waals surface area contributed by atoms with E-state index in [1.165, 1.54) is 0 Å². The number of aromatic hydroxyl groups is 1. The van der Waals surface area contributed by atoms with E-state index >= 15 is 0 Å². The third-order valence-electron chi connectivity index (χ3n) is 5.60. The SMILES string of the molecule is Cc1ccc2c(N3CCN(C(=O)[C@H](O)C(F)(F)F)CC3)cc(-c3ccccc3O)nc2c1. The average molecular weight is 445 g/mol. The Kier molecular flexibility index (Phi) is 5.68. The van der Waals surface area contributed by atoms with Crippen LogP contribution in [0, 0.1) is 6.92 Å². The number of nitrogens with zero attached hydrogens (tertiary/aromatic N) is 3. The number of hydrogen-bond acceptors (Lipinski definition) is 5. The maximum atomic E-state index is 12.7. The number of fused-ring (bicyclic) bond motifs is 1. The monoisotopic (exact) mass is 445 g/mol. The maximum Gasteiger partial charge on any atom is 0.423 e. The Labute approximate surface area is 182 Å². The molecule has 1 aliphatic heterocycles. The molecular weight excluding hydrogens is 423 g/mol. The molecule has 1 aliphatic rings. The van der Waals surface area contributed by atoms with Crippen LogP contribution in [0.3, 0.4) is 0 Å². The van der Waals surface area contributed by atoms with E-state index in [1.807, 2.05) is 36.1 Å². The zero-order chi connectivity index (χ0) is 23.0. The van der Waals surface area contributed by atoms with Gasteiger partial charge in [0.05, 0.1) is 11.2 Å². The Balaban J connectivity index is 1.66. The number of phenols is 1. The summed E-state index contributed by atoms with van der Waals surface area (Å²) in [5.41, 5.74) is 3.70. The van der Waals surface area contributed by atoms with Crippen molar-refractivity contribution < 1.29 is 28.2 Å². The number of aromatic nitrogens is 1. The predicted molar refractivity (Wildman–Crippen MR) is 114 cm³/mol. The highest BCUT2D eigenvalue weighted by Crippen LogP contribution is 2.35. The van der Waals surface area contributed by atoms with Gasteiger partial charge in [0.25, 0.3) is 5.91 Å². The van der Waals surface area contributed by atoms with Crippen molar-refractivity contribution in [3.05, 3.63) is 54.1 Å². The fraction of sp³-hybridized carbons (Fsp3) is 0.304. The Bertz CT molecular complexity index is 1160. The van der Waals surface area contributed by atoms with Crippen LogP contribution >= 0.6 is 0 Å². The quantitative estimate of drug-likeness (QED) is 0.646. The number of anilines is 1. The number of carbonyl (C=O) groups excluding carboxylic acids is 1. The van der Waals surface area contributed by atoms with Gasteiger partial charge < -0.3 is 20.0 Å². The second-order valence-electron chi connectivity index (χ2n) is 7.82. The van der Waals surface area contributed by atoms with Crippen molar-refractivity contribution in [1.82, 2.24) is 9.88 Å². The molecule has 0 spiro atoms. The number of hydrogen-bond donors (Lipinski definition) is 2. The van der Waals surface area contributed by atoms with Gasteiger partial charge in [0, 0.05) is 42.8 Å². The molecule has 2 heterocycles. The van der Waals surface area contributed by atoms with Crippen LogP contribution in [0.5, 0.6) is 5.75 Å². The summed E-state index contributed by atoms with van der Waals surface area (Å²) in [4.78, 5) is 19.7. The molecule has 4 rings (SSSR count). The lowest BCUT2D eigenvalue weighted by Crippen LogP contribution is -2.54. The average Bonchev–Trinajstić information content (AvgIpc) is 2.77. The van der Waals surface area contributed by atoms with Crippen LogP contribution in [0.2, 0.25) is 0 Å². The van der Waals surface area contributed by atoms with Gasteiger partial charge in [-0.25, -0.2) is 4.98 Å². The van der Waals surface area contributed by atoms with Gasteiger partial charge in [-0.3, -0.25) is 4.79 Å². The molecule has 0 unspecified atom stereocenters. The molecule has 1 fully saturated rings. The van der Waals surface area contributed by atoms with Crippen LogP contribution in [0.4, 0.5) is 18.9 Å². The molecular formula is C23H22F3N3O3. The van der Waals surface area contributed by atoms with Gasteiger partial charge >= 0.3 is 6.18 Å². The zero-order valence-electron chi connectivity index (χ0n) is 17.3. The number of benzene rings is 2. The lowest BCUT2D eigenvalue weighted by atomic mass is 10.0. The minimum atomic E-state index is -4.99. The molecule has 168 valence electrons. The molecule has 9 heteroatoms. The van der Waals surface area contributed by atoms with Gasteiger partial charge in [-0.1, -0.05) is 24.3 Å². The Morgan fingerprint density at radius 3 is 2.41 bits per heavy atom. The highest BCUT2D eigenvalue weighted by Gasteiger charge is 2.45. The number of phenolic OH excluding ortho intramolecular Hbond substituents is 1. The Hall–Kier alpha value is -3.33. The van der Waals surface area contributed by atoms with Gasteiger partial charge in [-0.05, 0) is 36.8 Å². The van der Waals surface area contributed by atoms with E-state index in [1.54, 1.807) is 24.3 Å². The van der Waals surface area contributed by atoms with Crippen LogP contribution in [0.1, 0.15) is 5.56 Å². The van der Waals surface area contributed by atoms with Crippen molar-refractivity contribution >= 4 is 22.5 Å². The molecule has 0 radical (unpaired) electrons. The molecule has 1 aromatic heterocycles. The van der Waals surface area contributed by atoms with Gasteiger partial charge in [0.15, 0.2) is 0 Å². The van der Waals surface area contributed by atoms with E-state index in [0.29, 0.717) is 24.3 Å². The van der Waals surface area contributed by atoms with E-state index in [4.69, 9.17) is 4.98 Å². The molecule has 0 bridgehead atoms. The number of pyridine rings is 1. The van der Waals surface area contributed by atoms with E-state index in [9.17, 15) is 28.2 Å². The number of halogens is 3. The number of aliphatic hydroxyl groups is 1. The molecule has 32 heavy (non-hydrogen) atoms. The highest BCUT2D eigenvalue weighted by molar-refractivity contribution is 5.95. The van der Waals surface area contributed by atoms with Crippen molar-refractivity contribution in [2.75, 3.05) is 31.1 Å². The van der Waals surface area contributed by atoms with Crippen molar-refractivity contribution in [1.29, 1.82) is 0 Å². The van der Waals surface area contributed by atoms with Crippen molar-refractivity contribution in [3.63, 3.8) is 0 Å². The van der Waals surface area contributed by atoms with Crippen LogP contribution in [-0.2, 0) is 4.79 Å². The first-order valence-corrected chi connectivity index (χ1v) is 10.1. The molecule has 0 aliphatic carbocycles. The van der Waals surface area contributed by atoms with Gasteiger partial charge in [0.1, 0.15) is 5.75 Å². The predicted octanol–water partition coefficient (Wildman–Crippen LogP) is 3.49. The second kappa shape index (κ2) is 8.31. The fourth-order valence-electron chi connectivity index (χ4n) is 3.89. The third-order valence-corrected chi connectivity index (χ3v) is 5.60. The fourth-order valence-corrected chi connectivity index (χ4v) is 3.89. The molecule has 1 saturated heterocycles. The largest absolute Gasteiger partial charge is 0.507 e. The number of alkyl halides is 3. The first-order valence-electron chi connectivity index (χ1n) is 10.1. The molecule has 1 atom stereocenters. The standard InChI is InChI=1S/C23H22F3N3O3/c1-14-6-7-15-17(12-14)27-18(16-4-2-3-5-20(16)30)13-19(15)28-8-10-29(11-9-28)22(32)21(31)23(24,25)26/h2-7,12-13,21,30-31H,8-11H2,1H3/t21-/m0/s1. The van der Waals surface area contributed by atoms with E-state index in [2.05, 4.69) is 0 Å². The summed E-state index contributed by atoms with van der Waals surface area (Å²) in [6.45, 7) is 2.64. The molecule has 2 N–H and O–H groups in total.